The van der Waals surface area contributed by atoms with Crippen molar-refractivity contribution >= 4 is 17.4 Å². The highest BCUT2D eigenvalue weighted by Crippen LogP contribution is 2.35. The fourth-order valence-electron chi connectivity index (χ4n) is 4.27. The monoisotopic (exact) mass is 426 g/mol. The van der Waals surface area contributed by atoms with Crippen LogP contribution in [0.1, 0.15) is 22.0 Å². The van der Waals surface area contributed by atoms with Gasteiger partial charge in [-0.2, -0.15) is 5.10 Å². The lowest BCUT2D eigenvalue weighted by Gasteiger charge is -2.37. The molecule has 31 heavy (non-hydrogen) atoms. The minimum Gasteiger partial charge on any atom is -0.469 e. The van der Waals surface area contributed by atoms with Crippen LogP contribution in [0.2, 0.25) is 0 Å². The van der Waals surface area contributed by atoms with E-state index in [4.69, 9.17) is 19.2 Å². The van der Waals surface area contributed by atoms with Crippen LogP contribution in [0.4, 0.5) is 10.2 Å². The van der Waals surface area contributed by atoms with Gasteiger partial charge in [-0.3, -0.25) is 4.79 Å². The minimum atomic E-state index is -0.471. The second kappa shape index (κ2) is 7.13. The number of hydrogen-bond acceptors (Lipinski definition) is 8. The summed E-state index contributed by atoms with van der Waals surface area (Å²) < 4.78 is 33.2. The number of amides is 1. The van der Waals surface area contributed by atoms with Crippen LogP contribution >= 0.6 is 0 Å². The van der Waals surface area contributed by atoms with Gasteiger partial charge in [0.1, 0.15) is 23.3 Å². The second-order valence-corrected chi connectivity index (χ2v) is 7.72. The zero-order valence-electron chi connectivity index (χ0n) is 16.4. The number of carbonyl (C=O) groups excluding carboxylic acids is 1. The number of ether oxygens (including phenoxy) is 3. The van der Waals surface area contributed by atoms with Crippen LogP contribution in [0, 0.1) is 5.82 Å². The van der Waals surface area contributed by atoms with Crippen molar-refractivity contribution in [3.8, 4) is 5.88 Å². The van der Waals surface area contributed by atoms with Gasteiger partial charge in [0.05, 0.1) is 50.9 Å². The van der Waals surface area contributed by atoms with Gasteiger partial charge in [-0.1, -0.05) is 0 Å². The van der Waals surface area contributed by atoms with E-state index >= 15 is 0 Å². The van der Waals surface area contributed by atoms with Gasteiger partial charge in [0.2, 0.25) is 5.88 Å². The predicted octanol–water partition coefficient (Wildman–Crippen LogP) is 0.731. The molecule has 3 atom stereocenters. The molecule has 2 bridgehead atoms. The molecule has 10 nitrogen and oxygen atoms in total. The molecule has 0 aliphatic carbocycles. The zero-order valence-corrected chi connectivity index (χ0v) is 16.4. The summed E-state index contributed by atoms with van der Waals surface area (Å²) in [5, 5.41) is 7.20. The number of fused-ring (bicyclic) bond motifs is 6. The smallest absolute Gasteiger partial charge is 0.257 e. The van der Waals surface area contributed by atoms with Crippen LogP contribution in [0.3, 0.4) is 0 Å². The van der Waals surface area contributed by atoms with Crippen molar-refractivity contribution in [1.29, 1.82) is 0 Å². The highest BCUT2D eigenvalue weighted by Gasteiger charge is 2.36. The van der Waals surface area contributed by atoms with Gasteiger partial charge in [-0.25, -0.2) is 18.9 Å². The Balaban J connectivity index is 1.55. The highest BCUT2D eigenvalue weighted by atomic mass is 19.1. The van der Waals surface area contributed by atoms with Crippen LogP contribution < -0.4 is 15.0 Å². The quantitative estimate of drug-likeness (QED) is 0.561. The summed E-state index contributed by atoms with van der Waals surface area (Å²) in [7, 11) is 0. The number of morpholine rings is 1. The van der Waals surface area contributed by atoms with E-state index in [1.165, 1.54) is 12.3 Å². The molecule has 3 aromatic heterocycles. The number of halogens is 1. The van der Waals surface area contributed by atoms with E-state index in [0.717, 1.165) is 6.20 Å². The molecule has 1 N–H and O–H groups in total. The fraction of sp³-hybridized carbons (Fsp3) is 0.400. The Bertz CT molecular complexity index is 1170. The molecule has 0 saturated carbocycles. The molecular weight excluding hydrogens is 407 g/mol. The molecule has 3 aromatic rings. The van der Waals surface area contributed by atoms with Gasteiger partial charge in [0.25, 0.3) is 5.91 Å². The first-order valence-corrected chi connectivity index (χ1v) is 10.1. The first-order chi connectivity index (χ1) is 15.2. The normalized spacial score (nSPS) is 25.5. The molecule has 0 unspecified atom stereocenters. The van der Waals surface area contributed by atoms with E-state index < -0.39 is 18.0 Å². The lowest BCUT2D eigenvalue weighted by molar-refractivity contribution is 0.0875. The topological polar surface area (TPSA) is 103 Å². The number of anilines is 1. The average Bonchev–Trinajstić information content (AvgIpc) is 3.40. The molecule has 0 radical (unpaired) electrons. The number of hydrogen-bond donors (Lipinski definition) is 1. The first kappa shape index (κ1) is 18.5. The highest BCUT2D eigenvalue weighted by molar-refractivity contribution is 6.00. The van der Waals surface area contributed by atoms with E-state index in [0.29, 0.717) is 54.8 Å². The lowest BCUT2D eigenvalue weighted by Crippen LogP contribution is -2.45. The van der Waals surface area contributed by atoms with Crippen molar-refractivity contribution < 1.29 is 23.4 Å². The molecule has 2 fully saturated rings. The van der Waals surface area contributed by atoms with Gasteiger partial charge in [-0.15, -0.1) is 0 Å². The number of rotatable bonds is 0. The van der Waals surface area contributed by atoms with Crippen molar-refractivity contribution in [2.45, 2.75) is 18.2 Å². The van der Waals surface area contributed by atoms with E-state index in [1.807, 2.05) is 11.0 Å². The maximum absolute atomic E-state index is 14.2. The summed E-state index contributed by atoms with van der Waals surface area (Å²) in [6.45, 7) is 1.93. The molecular formula is C20H19FN6O4. The van der Waals surface area contributed by atoms with Gasteiger partial charge in [-0.05, 0) is 12.1 Å². The second-order valence-electron chi connectivity index (χ2n) is 7.72. The largest absolute Gasteiger partial charge is 0.469 e. The van der Waals surface area contributed by atoms with Crippen molar-refractivity contribution in [3.63, 3.8) is 0 Å². The maximum Gasteiger partial charge on any atom is 0.257 e. The molecule has 1 amide bonds. The Morgan fingerprint density at radius 1 is 1.19 bits per heavy atom. The molecule has 160 valence electrons. The first-order valence-electron chi connectivity index (χ1n) is 10.1. The van der Waals surface area contributed by atoms with Crippen molar-refractivity contribution in [3.05, 3.63) is 47.7 Å². The maximum atomic E-state index is 14.2. The third-order valence-corrected chi connectivity index (χ3v) is 5.83. The van der Waals surface area contributed by atoms with Gasteiger partial charge in [0, 0.05) is 18.3 Å². The molecule has 3 aliphatic heterocycles. The molecule has 3 aliphatic rings. The van der Waals surface area contributed by atoms with Crippen molar-refractivity contribution in [2.75, 3.05) is 37.9 Å². The molecule has 0 spiro atoms. The van der Waals surface area contributed by atoms with Gasteiger partial charge < -0.3 is 24.4 Å². The van der Waals surface area contributed by atoms with Crippen LogP contribution in [0.25, 0.3) is 5.65 Å². The van der Waals surface area contributed by atoms with Crippen molar-refractivity contribution in [1.82, 2.24) is 24.9 Å². The third-order valence-electron chi connectivity index (χ3n) is 5.83. The predicted molar refractivity (Wildman–Crippen MR) is 105 cm³/mol. The van der Waals surface area contributed by atoms with E-state index in [1.54, 1.807) is 10.7 Å². The summed E-state index contributed by atoms with van der Waals surface area (Å²) in [4.78, 5) is 23.9. The lowest BCUT2D eigenvalue weighted by atomic mass is 10.1. The van der Waals surface area contributed by atoms with Crippen molar-refractivity contribution in [2.24, 2.45) is 0 Å². The van der Waals surface area contributed by atoms with Crippen LogP contribution in [0.15, 0.2) is 30.7 Å². The number of carbonyl (C=O) groups is 1. The van der Waals surface area contributed by atoms with E-state index in [-0.39, 0.29) is 18.6 Å². The molecule has 6 rings (SSSR count). The number of pyridine rings is 1. The Morgan fingerprint density at radius 3 is 3.06 bits per heavy atom. The van der Waals surface area contributed by atoms with Gasteiger partial charge >= 0.3 is 0 Å². The summed E-state index contributed by atoms with van der Waals surface area (Å²) in [5.41, 5.74) is 1.36. The zero-order chi connectivity index (χ0) is 20.9. The Morgan fingerprint density at radius 2 is 2.13 bits per heavy atom. The van der Waals surface area contributed by atoms with Crippen LogP contribution in [-0.2, 0) is 9.47 Å². The Kier molecular flexibility index (Phi) is 4.25. The summed E-state index contributed by atoms with van der Waals surface area (Å²) >= 11 is 0. The molecule has 11 heteroatoms. The van der Waals surface area contributed by atoms with Gasteiger partial charge in [0.15, 0.2) is 5.65 Å². The van der Waals surface area contributed by atoms with Crippen LogP contribution in [0.5, 0.6) is 5.88 Å². The Hall–Kier alpha value is -3.31. The SMILES string of the molecule is O=C1N[C@@H]2COC[C@@H]2Oc2ncc(F)cc2[C@H]2COCCN2c2ccn3ncc1c3n2. The minimum absolute atomic E-state index is 0.281. The summed E-state index contributed by atoms with van der Waals surface area (Å²) in [6.07, 6.45) is 3.90. The van der Waals surface area contributed by atoms with E-state index in [2.05, 4.69) is 15.4 Å². The number of nitrogens with one attached hydrogen (secondary N) is 1. The average molecular weight is 426 g/mol. The van der Waals surface area contributed by atoms with Crippen LogP contribution in [-0.4, -0.2) is 70.6 Å². The fourth-order valence-corrected chi connectivity index (χ4v) is 4.27. The summed E-state index contributed by atoms with van der Waals surface area (Å²) in [5.74, 6) is 0.147. The van der Waals surface area contributed by atoms with E-state index in [9.17, 15) is 9.18 Å². The summed E-state index contributed by atoms with van der Waals surface area (Å²) in [6, 6.07) is 2.47. The number of nitrogens with zero attached hydrogens (tertiary/aromatic N) is 5. The number of aromatic nitrogens is 4. The Labute approximate surface area is 175 Å². The molecule has 2 saturated heterocycles. The third kappa shape index (κ3) is 3.08. The molecule has 0 aromatic carbocycles. The standard InChI is InChI=1S/C20H19FN6O4/c21-11-5-12-15-9-29-4-3-26(15)17-1-2-27-18(25-17)13(7-23-27)19(28)24-14-8-30-10-16(14)31-20(12)22-6-11/h1-2,5-7,14-16H,3-4,8-10H2,(H,24,28)/t14-,15-,16+/m1/s1. The molecule has 6 heterocycles.